The fourth-order valence-corrected chi connectivity index (χ4v) is 4.04. The Morgan fingerprint density at radius 2 is 1.65 bits per heavy atom. The van der Waals surface area contributed by atoms with Gasteiger partial charge in [0.1, 0.15) is 13.2 Å². The molecule has 1 atom stereocenters. The number of rotatable bonds is 4. The van der Waals surface area contributed by atoms with Gasteiger partial charge in [-0.05, 0) is 31.0 Å². The second kappa shape index (κ2) is 6.22. The molecule has 0 spiro atoms. The van der Waals surface area contributed by atoms with Crippen molar-refractivity contribution >= 4 is 10.0 Å². The maximum absolute atomic E-state index is 12.7. The maximum Gasteiger partial charge on any atom is 0.241 e. The molecule has 1 N–H and O–H groups in total. The number of hydrogen-bond acceptors (Lipinski definition) is 4. The Morgan fingerprint density at radius 1 is 1.04 bits per heavy atom. The SMILES string of the molecule is Cc1cc2c(cc1S(=O)(=O)NC(C)c1ccccc1)OCCO2. The largest absolute Gasteiger partial charge is 0.486 e. The van der Waals surface area contributed by atoms with Gasteiger partial charge in [-0.15, -0.1) is 0 Å². The monoisotopic (exact) mass is 333 g/mol. The Labute approximate surface area is 136 Å². The van der Waals surface area contributed by atoms with E-state index >= 15 is 0 Å². The first kappa shape index (κ1) is 15.8. The van der Waals surface area contributed by atoms with Crippen molar-refractivity contribution in [2.75, 3.05) is 13.2 Å². The number of fused-ring (bicyclic) bond motifs is 1. The minimum Gasteiger partial charge on any atom is -0.486 e. The third kappa shape index (κ3) is 3.33. The highest BCUT2D eigenvalue weighted by atomic mass is 32.2. The van der Waals surface area contributed by atoms with Crippen molar-refractivity contribution in [1.82, 2.24) is 4.72 Å². The molecule has 0 aromatic heterocycles. The van der Waals surface area contributed by atoms with E-state index in [0.29, 0.717) is 30.3 Å². The lowest BCUT2D eigenvalue weighted by molar-refractivity contribution is 0.171. The van der Waals surface area contributed by atoms with Crippen LogP contribution in [0.5, 0.6) is 11.5 Å². The first-order valence-electron chi connectivity index (χ1n) is 7.45. The van der Waals surface area contributed by atoms with Crippen molar-refractivity contribution in [2.45, 2.75) is 24.8 Å². The molecule has 0 bridgehead atoms. The molecule has 0 aliphatic carbocycles. The molecule has 122 valence electrons. The van der Waals surface area contributed by atoms with Crippen LogP contribution in [0.25, 0.3) is 0 Å². The Morgan fingerprint density at radius 3 is 2.30 bits per heavy atom. The normalized spacial score (nSPS) is 15.2. The van der Waals surface area contributed by atoms with E-state index in [1.54, 1.807) is 13.0 Å². The Kier molecular flexibility index (Phi) is 4.28. The molecule has 2 aromatic rings. The number of sulfonamides is 1. The van der Waals surface area contributed by atoms with Gasteiger partial charge in [-0.3, -0.25) is 0 Å². The van der Waals surface area contributed by atoms with Crippen molar-refractivity contribution in [1.29, 1.82) is 0 Å². The summed E-state index contributed by atoms with van der Waals surface area (Å²) < 4.78 is 39.1. The number of benzene rings is 2. The van der Waals surface area contributed by atoms with Crippen molar-refractivity contribution in [2.24, 2.45) is 0 Å². The highest BCUT2D eigenvalue weighted by Gasteiger charge is 2.24. The zero-order chi connectivity index (χ0) is 16.4. The van der Waals surface area contributed by atoms with Gasteiger partial charge in [0.25, 0.3) is 0 Å². The first-order valence-corrected chi connectivity index (χ1v) is 8.93. The fourth-order valence-electron chi connectivity index (χ4n) is 2.57. The van der Waals surface area contributed by atoms with E-state index in [4.69, 9.17) is 9.47 Å². The third-order valence-corrected chi connectivity index (χ3v) is 5.44. The van der Waals surface area contributed by atoms with Crippen LogP contribution >= 0.6 is 0 Å². The number of hydrogen-bond donors (Lipinski definition) is 1. The van der Waals surface area contributed by atoms with Gasteiger partial charge in [0.15, 0.2) is 11.5 Å². The predicted molar refractivity (Wildman–Crippen MR) is 87.3 cm³/mol. The lowest BCUT2D eigenvalue weighted by atomic mass is 10.1. The summed E-state index contributed by atoms with van der Waals surface area (Å²) in [5.41, 5.74) is 1.54. The summed E-state index contributed by atoms with van der Waals surface area (Å²) in [6.07, 6.45) is 0. The number of aryl methyl sites for hydroxylation is 1. The molecule has 1 aliphatic heterocycles. The van der Waals surface area contributed by atoms with E-state index in [9.17, 15) is 8.42 Å². The highest BCUT2D eigenvalue weighted by Crippen LogP contribution is 2.35. The van der Waals surface area contributed by atoms with Crippen molar-refractivity contribution in [3.8, 4) is 11.5 Å². The van der Waals surface area contributed by atoms with Crippen LogP contribution in [0.1, 0.15) is 24.1 Å². The molecule has 6 heteroatoms. The molecule has 0 saturated heterocycles. The topological polar surface area (TPSA) is 64.6 Å². The third-order valence-electron chi connectivity index (χ3n) is 3.76. The van der Waals surface area contributed by atoms with Gasteiger partial charge >= 0.3 is 0 Å². The van der Waals surface area contributed by atoms with Crippen molar-refractivity contribution in [3.05, 3.63) is 53.6 Å². The molecule has 1 heterocycles. The summed E-state index contributed by atoms with van der Waals surface area (Å²) in [5, 5.41) is 0. The van der Waals surface area contributed by atoms with E-state index in [1.807, 2.05) is 37.3 Å². The van der Waals surface area contributed by atoms with Crippen molar-refractivity contribution < 1.29 is 17.9 Å². The summed E-state index contributed by atoms with van der Waals surface area (Å²) in [7, 11) is -3.66. The van der Waals surface area contributed by atoms with Crippen LogP contribution in [-0.4, -0.2) is 21.6 Å². The van der Waals surface area contributed by atoms with Crippen LogP contribution in [0.15, 0.2) is 47.4 Å². The minimum atomic E-state index is -3.66. The fraction of sp³-hybridized carbons (Fsp3) is 0.294. The van der Waals surface area contributed by atoms with Crippen LogP contribution in [-0.2, 0) is 10.0 Å². The summed E-state index contributed by atoms with van der Waals surface area (Å²) in [6, 6.07) is 12.4. The molecule has 2 aromatic carbocycles. The molecule has 0 saturated carbocycles. The lowest BCUT2D eigenvalue weighted by Crippen LogP contribution is -2.28. The summed E-state index contributed by atoms with van der Waals surface area (Å²) in [4.78, 5) is 0.213. The number of ether oxygens (including phenoxy) is 2. The van der Waals surface area contributed by atoms with Crippen LogP contribution in [0.2, 0.25) is 0 Å². The van der Waals surface area contributed by atoms with Crippen LogP contribution in [0.3, 0.4) is 0 Å². The zero-order valence-corrected chi connectivity index (χ0v) is 13.9. The number of nitrogens with one attached hydrogen (secondary N) is 1. The summed E-state index contributed by atoms with van der Waals surface area (Å²) >= 11 is 0. The second-order valence-electron chi connectivity index (χ2n) is 5.52. The predicted octanol–water partition coefficient (Wildman–Crippen LogP) is 2.81. The van der Waals surface area contributed by atoms with Gasteiger partial charge < -0.3 is 9.47 Å². The second-order valence-corrected chi connectivity index (χ2v) is 7.20. The highest BCUT2D eigenvalue weighted by molar-refractivity contribution is 7.89. The van der Waals surface area contributed by atoms with Gasteiger partial charge in [0.05, 0.1) is 4.90 Å². The van der Waals surface area contributed by atoms with Crippen LogP contribution in [0, 0.1) is 6.92 Å². The molecule has 1 aliphatic rings. The quantitative estimate of drug-likeness (QED) is 0.934. The molecule has 1 unspecified atom stereocenters. The molecule has 3 rings (SSSR count). The van der Waals surface area contributed by atoms with Crippen LogP contribution < -0.4 is 14.2 Å². The average Bonchev–Trinajstić information content (AvgIpc) is 2.54. The van der Waals surface area contributed by atoms with Gasteiger partial charge in [-0.2, -0.15) is 0 Å². The minimum absolute atomic E-state index is 0.213. The average molecular weight is 333 g/mol. The van der Waals surface area contributed by atoms with Crippen LogP contribution in [0.4, 0.5) is 0 Å². The standard InChI is InChI=1S/C17H19NO4S/c1-12-10-15-16(22-9-8-21-15)11-17(12)23(19,20)18-13(2)14-6-4-3-5-7-14/h3-7,10-11,13,18H,8-9H2,1-2H3. The maximum atomic E-state index is 12.7. The molecule has 0 amide bonds. The van der Waals surface area contributed by atoms with E-state index in [-0.39, 0.29) is 10.9 Å². The van der Waals surface area contributed by atoms with E-state index in [1.165, 1.54) is 6.07 Å². The molecule has 0 fully saturated rings. The lowest BCUT2D eigenvalue weighted by Gasteiger charge is -2.21. The van der Waals surface area contributed by atoms with E-state index < -0.39 is 10.0 Å². The first-order chi connectivity index (χ1) is 11.0. The Hall–Kier alpha value is -2.05. The van der Waals surface area contributed by atoms with Crippen molar-refractivity contribution in [3.63, 3.8) is 0 Å². The Balaban J connectivity index is 1.91. The van der Waals surface area contributed by atoms with Gasteiger partial charge in [-0.25, -0.2) is 13.1 Å². The molecular weight excluding hydrogens is 314 g/mol. The summed E-state index contributed by atoms with van der Waals surface area (Å²) in [5.74, 6) is 1.05. The molecule has 5 nitrogen and oxygen atoms in total. The van der Waals surface area contributed by atoms with E-state index in [0.717, 1.165) is 5.56 Å². The smallest absolute Gasteiger partial charge is 0.241 e. The van der Waals surface area contributed by atoms with E-state index in [2.05, 4.69) is 4.72 Å². The van der Waals surface area contributed by atoms with Gasteiger partial charge in [0, 0.05) is 12.1 Å². The van der Waals surface area contributed by atoms with Gasteiger partial charge in [-0.1, -0.05) is 30.3 Å². The Bertz CT molecular complexity index is 803. The van der Waals surface area contributed by atoms with Gasteiger partial charge in [0.2, 0.25) is 10.0 Å². The zero-order valence-electron chi connectivity index (χ0n) is 13.1. The summed E-state index contributed by atoms with van der Waals surface area (Å²) in [6.45, 7) is 4.46. The molecule has 0 radical (unpaired) electrons. The molecular formula is C17H19NO4S. The molecule has 23 heavy (non-hydrogen) atoms.